The Morgan fingerprint density at radius 2 is 2.24 bits per heavy atom. The van der Waals surface area contributed by atoms with Gasteiger partial charge in [-0.05, 0) is 26.0 Å². The fraction of sp³-hybridized carbons (Fsp3) is 0.214. The molecule has 1 heterocycles. The van der Waals surface area contributed by atoms with Crippen LogP contribution >= 0.6 is 11.3 Å². The molecule has 2 rings (SSSR count). The van der Waals surface area contributed by atoms with Crippen LogP contribution in [0.1, 0.15) is 28.5 Å². The zero-order valence-corrected chi connectivity index (χ0v) is 12.7. The number of nitrogens with one attached hydrogen (secondary N) is 1. The van der Waals surface area contributed by atoms with Crippen LogP contribution < -0.4 is 10.1 Å². The molecule has 0 saturated heterocycles. The lowest BCUT2D eigenvalue weighted by Gasteiger charge is -2.08. The third kappa shape index (κ3) is 3.38. The minimum absolute atomic E-state index is 0.296. The van der Waals surface area contributed by atoms with Gasteiger partial charge in [0.15, 0.2) is 5.13 Å². The summed E-state index contributed by atoms with van der Waals surface area (Å²) in [5, 5.41) is 16.6. The molecule has 0 aliphatic heterocycles. The lowest BCUT2D eigenvalue weighted by Crippen LogP contribution is -2.13. The molecule has 6 nitrogen and oxygen atoms in total. The van der Waals surface area contributed by atoms with Crippen LogP contribution in [0.4, 0.5) is 5.13 Å². The molecule has 0 atom stereocenters. The van der Waals surface area contributed by atoms with Gasteiger partial charge in [0, 0.05) is 5.38 Å². The van der Waals surface area contributed by atoms with Crippen LogP contribution in [0.3, 0.4) is 0 Å². The van der Waals surface area contributed by atoms with Crippen molar-refractivity contribution in [1.82, 2.24) is 4.98 Å². The average Bonchev–Trinajstić information content (AvgIpc) is 2.94. The lowest BCUT2D eigenvalue weighted by atomic mass is 10.1. The summed E-state index contributed by atoms with van der Waals surface area (Å²) in [5.41, 5.74) is 2.32. The fourth-order valence-corrected chi connectivity index (χ4v) is 2.46. The molecule has 21 heavy (non-hydrogen) atoms. The molecule has 2 aromatic rings. The van der Waals surface area contributed by atoms with E-state index in [0.717, 1.165) is 5.56 Å². The molecule has 1 amide bonds. The smallest absolute Gasteiger partial charge is 0.261 e. The van der Waals surface area contributed by atoms with Gasteiger partial charge in [-0.2, -0.15) is 0 Å². The molecule has 110 valence electrons. The largest absolute Gasteiger partial charge is 0.496 e. The molecular formula is C14H15N3O3S. The van der Waals surface area contributed by atoms with E-state index in [-0.39, 0.29) is 5.91 Å². The number of aromatic nitrogens is 1. The highest BCUT2D eigenvalue weighted by atomic mass is 32.1. The van der Waals surface area contributed by atoms with Gasteiger partial charge in [-0.25, -0.2) is 4.98 Å². The monoisotopic (exact) mass is 305 g/mol. The Labute approximate surface area is 126 Å². The molecule has 0 bridgehead atoms. The molecule has 2 N–H and O–H groups in total. The van der Waals surface area contributed by atoms with Crippen LogP contribution in [0.15, 0.2) is 28.7 Å². The number of anilines is 1. The highest BCUT2D eigenvalue weighted by molar-refractivity contribution is 7.14. The molecular weight excluding hydrogens is 290 g/mol. The summed E-state index contributed by atoms with van der Waals surface area (Å²) >= 11 is 1.26. The van der Waals surface area contributed by atoms with Gasteiger partial charge in [-0.3, -0.25) is 10.1 Å². The summed E-state index contributed by atoms with van der Waals surface area (Å²) in [4.78, 5) is 16.5. The highest BCUT2D eigenvalue weighted by Crippen LogP contribution is 2.22. The third-order valence-electron chi connectivity index (χ3n) is 2.84. The van der Waals surface area contributed by atoms with Gasteiger partial charge in [-0.1, -0.05) is 16.8 Å². The summed E-state index contributed by atoms with van der Waals surface area (Å²) < 4.78 is 5.19. The van der Waals surface area contributed by atoms with Gasteiger partial charge >= 0.3 is 0 Å². The Balaban J connectivity index is 2.22. The van der Waals surface area contributed by atoms with Crippen LogP contribution in [0.25, 0.3) is 0 Å². The number of oxime groups is 1. The van der Waals surface area contributed by atoms with Crippen LogP contribution in [0.5, 0.6) is 5.75 Å². The van der Waals surface area contributed by atoms with E-state index in [1.165, 1.54) is 18.4 Å². The van der Waals surface area contributed by atoms with Crippen molar-refractivity contribution >= 4 is 28.1 Å². The number of methoxy groups -OCH3 is 1. The fourth-order valence-electron chi connectivity index (χ4n) is 1.71. The summed E-state index contributed by atoms with van der Waals surface area (Å²) in [6, 6.07) is 5.38. The quantitative estimate of drug-likeness (QED) is 0.517. The second kappa shape index (κ2) is 6.36. The van der Waals surface area contributed by atoms with E-state index in [9.17, 15) is 4.79 Å². The number of aryl methyl sites for hydroxylation is 1. The van der Waals surface area contributed by atoms with Crippen LogP contribution in [0.2, 0.25) is 0 Å². The standard InChI is InChI=1S/C14H15N3O3S/c1-8-4-5-12(20-3)10(6-8)13(18)16-14-15-11(7-21-14)9(2)17-19/h4-7,19H,1-3H3,(H,15,16,18). The van der Waals surface area contributed by atoms with E-state index in [1.54, 1.807) is 24.4 Å². The molecule has 0 aliphatic carbocycles. The number of nitrogens with zero attached hydrogens (tertiary/aromatic N) is 2. The van der Waals surface area contributed by atoms with Crippen molar-refractivity contribution in [3.05, 3.63) is 40.4 Å². The number of carbonyl (C=O) groups is 1. The van der Waals surface area contributed by atoms with Gasteiger partial charge in [0.05, 0.1) is 12.7 Å². The maximum atomic E-state index is 12.3. The topological polar surface area (TPSA) is 83.8 Å². The predicted molar refractivity (Wildman–Crippen MR) is 81.8 cm³/mol. The third-order valence-corrected chi connectivity index (χ3v) is 3.60. The molecule has 0 radical (unpaired) electrons. The zero-order valence-electron chi connectivity index (χ0n) is 11.9. The minimum Gasteiger partial charge on any atom is -0.496 e. The normalized spacial score (nSPS) is 11.3. The molecule has 7 heteroatoms. The van der Waals surface area contributed by atoms with Crippen molar-refractivity contribution in [2.24, 2.45) is 5.16 Å². The predicted octanol–water partition coefficient (Wildman–Crippen LogP) is 2.91. The zero-order chi connectivity index (χ0) is 15.4. The summed E-state index contributed by atoms with van der Waals surface area (Å²) in [5.74, 6) is 0.207. The number of benzene rings is 1. The van der Waals surface area contributed by atoms with Crippen molar-refractivity contribution < 1.29 is 14.7 Å². The highest BCUT2D eigenvalue weighted by Gasteiger charge is 2.15. The number of hydrogen-bond donors (Lipinski definition) is 2. The number of rotatable bonds is 4. The van der Waals surface area contributed by atoms with E-state index < -0.39 is 0 Å². The molecule has 0 saturated carbocycles. The average molecular weight is 305 g/mol. The number of ether oxygens (including phenoxy) is 1. The number of hydrogen-bond acceptors (Lipinski definition) is 6. The van der Waals surface area contributed by atoms with Crippen molar-refractivity contribution in [3.8, 4) is 5.75 Å². The lowest BCUT2D eigenvalue weighted by molar-refractivity contribution is 0.102. The first kappa shape index (κ1) is 15.0. The van der Waals surface area contributed by atoms with Gasteiger partial charge in [-0.15, -0.1) is 11.3 Å². The maximum absolute atomic E-state index is 12.3. The number of amides is 1. The maximum Gasteiger partial charge on any atom is 0.261 e. The first-order valence-corrected chi connectivity index (χ1v) is 7.03. The first-order valence-electron chi connectivity index (χ1n) is 6.15. The van der Waals surface area contributed by atoms with Crippen LogP contribution in [-0.4, -0.2) is 28.9 Å². The van der Waals surface area contributed by atoms with Gasteiger partial charge in [0.1, 0.15) is 17.2 Å². The van der Waals surface area contributed by atoms with Crippen molar-refractivity contribution in [2.45, 2.75) is 13.8 Å². The number of carbonyl (C=O) groups excluding carboxylic acids is 1. The summed E-state index contributed by atoms with van der Waals surface area (Å²) in [6.07, 6.45) is 0. The molecule has 1 aromatic heterocycles. The molecule has 0 aliphatic rings. The molecule has 0 unspecified atom stereocenters. The van der Waals surface area contributed by atoms with Crippen LogP contribution in [-0.2, 0) is 0 Å². The van der Waals surface area contributed by atoms with E-state index >= 15 is 0 Å². The number of thiazole rings is 1. The van der Waals surface area contributed by atoms with Crippen molar-refractivity contribution in [2.75, 3.05) is 12.4 Å². The van der Waals surface area contributed by atoms with Gasteiger partial charge in [0.2, 0.25) is 0 Å². The summed E-state index contributed by atoms with van der Waals surface area (Å²) in [6.45, 7) is 3.53. The van der Waals surface area contributed by atoms with E-state index in [1.807, 2.05) is 13.0 Å². The second-order valence-corrected chi connectivity index (χ2v) is 5.24. The van der Waals surface area contributed by atoms with E-state index in [4.69, 9.17) is 9.94 Å². The molecule has 1 aromatic carbocycles. The molecule has 0 spiro atoms. The Kier molecular flexibility index (Phi) is 4.54. The molecule has 0 fully saturated rings. The van der Waals surface area contributed by atoms with Gasteiger partial charge < -0.3 is 9.94 Å². The van der Waals surface area contributed by atoms with E-state index in [0.29, 0.717) is 27.9 Å². The minimum atomic E-state index is -0.296. The Morgan fingerprint density at radius 1 is 1.48 bits per heavy atom. The Bertz CT molecular complexity index is 695. The Morgan fingerprint density at radius 3 is 2.90 bits per heavy atom. The van der Waals surface area contributed by atoms with Crippen molar-refractivity contribution in [3.63, 3.8) is 0 Å². The van der Waals surface area contributed by atoms with Crippen molar-refractivity contribution in [1.29, 1.82) is 0 Å². The first-order chi connectivity index (χ1) is 10.0. The van der Waals surface area contributed by atoms with Gasteiger partial charge in [0.25, 0.3) is 5.91 Å². The van der Waals surface area contributed by atoms with E-state index in [2.05, 4.69) is 15.5 Å². The second-order valence-electron chi connectivity index (χ2n) is 4.38. The van der Waals surface area contributed by atoms with Crippen LogP contribution in [0, 0.1) is 6.92 Å². The Hall–Kier alpha value is -2.41. The SMILES string of the molecule is COc1ccc(C)cc1C(=O)Nc1nc(C(C)=NO)cs1. The summed E-state index contributed by atoms with van der Waals surface area (Å²) in [7, 11) is 1.52.